The first-order chi connectivity index (χ1) is 16.4. The van der Waals surface area contributed by atoms with Crippen molar-refractivity contribution >= 4 is 43.2 Å². The van der Waals surface area contributed by atoms with E-state index in [9.17, 15) is 0 Å². The predicted molar refractivity (Wildman–Crippen MR) is 143 cm³/mol. The Hall–Kier alpha value is -2.18. The zero-order valence-corrected chi connectivity index (χ0v) is 22.0. The number of rotatable bonds is 5. The van der Waals surface area contributed by atoms with Gasteiger partial charge in [0, 0.05) is 14.5 Å². The summed E-state index contributed by atoms with van der Waals surface area (Å²) in [6.45, 7) is 0. The van der Waals surface area contributed by atoms with Gasteiger partial charge in [-0.3, -0.25) is 0 Å². The second kappa shape index (κ2) is 8.80. The fraction of sp³-hybridized carbons (Fsp3) is 0.357. The monoisotopic (exact) mass is 582 g/mol. The van der Waals surface area contributed by atoms with Gasteiger partial charge in [0.25, 0.3) is 0 Å². The first kappa shape index (κ1) is 22.3. The molecule has 3 aromatic rings. The summed E-state index contributed by atoms with van der Waals surface area (Å²) >= 11 is 6.95. The van der Waals surface area contributed by atoms with Gasteiger partial charge in [-0.25, -0.2) is 0 Å². The van der Waals surface area contributed by atoms with Crippen LogP contribution in [0.25, 0.3) is 0 Å². The van der Waals surface area contributed by atoms with Crippen LogP contribution in [0.4, 0.5) is 11.4 Å². The lowest BCUT2D eigenvalue weighted by Crippen LogP contribution is -2.43. The lowest BCUT2D eigenvalue weighted by molar-refractivity contribution is -0.00339. The van der Waals surface area contributed by atoms with Crippen molar-refractivity contribution < 1.29 is 9.47 Å². The van der Waals surface area contributed by atoms with E-state index in [0.29, 0.717) is 40.6 Å². The van der Waals surface area contributed by atoms with Crippen molar-refractivity contribution in [2.45, 2.75) is 38.0 Å². The van der Waals surface area contributed by atoms with Crippen LogP contribution in [0.1, 0.15) is 43.6 Å². The average molecular weight is 584 g/mol. The third kappa shape index (κ3) is 4.20. The van der Waals surface area contributed by atoms with Gasteiger partial charge in [0.15, 0.2) is 0 Å². The summed E-state index contributed by atoms with van der Waals surface area (Å²) < 4.78 is 14.6. The maximum Gasteiger partial charge on any atom is 0.150 e. The summed E-state index contributed by atoms with van der Waals surface area (Å²) in [6, 6.07) is 17.6. The Bertz CT molecular complexity index is 1220. The minimum absolute atomic E-state index is 0.491. The van der Waals surface area contributed by atoms with Crippen molar-refractivity contribution in [1.82, 2.24) is 0 Å². The fourth-order valence-corrected chi connectivity index (χ4v) is 7.60. The van der Waals surface area contributed by atoms with Crippen LogP contribution in [0.15, 0.2) is 63.5 Å². The fourth-order valence-electron chi connectivity index (χ4n) is 6.85. The number of nitrogen functional groups attached to an aromatic ring is 2. The lowest BCUT2D eigenvalue weighted by Gasteiger charge is -2.54. The van der Waals surface area contributed by atoms with Crippen molar-refractivity contribution in [3.8, 4) is 23.0 Å². The molecule has 4 nitrogen and oxygen atoms in total. The van der Waals surface area contributed by atoms with Crippen molar-refractivity contribution in [3.63, 3.8) is 0 Å². The molecule has 0 aromatic heterocycles. The smallest absolute Gasteiger partial charge is 0.150 e. The molecule has 0 amide bonds. The van der Waals surface area contributed by atoms with Gasteiger partial charge in [0.1, 0.15) is 23.0 Å². The average Bonchev–Trinajstić information content (AvgIpc) is 2.78. The summed E-state index contributed by atoms with van der Waals surface area (Å²) in [5.41, 5.74) is 14.9. The van der Waals surface area contributed by atoms with Crippen LogP contribution in [0.3, 0.4) is 0 Å². The molecule has 7 rings (SSSR count). The van der Waals surface area contributed by atoms with Crippen LogP contribution >= 0.6 is 31.9 Å². The topological polar surface area (TPSA) is 70.5 Å². The van der Waals surface area contributed by atoms with E-state index in [-0.39, 0.29) is 0 Å². The minimum Gasteiger partial charge on any atom is -0.455 e. The standard InChI is InChI=1S/C28H28Br2N2O2/c29-19-1-4-26(23(31)12-19)33-21-3-6-25(34-27-5-2-20(30)13-24(27)32)22(14-21)28-17-8-15-7-16(10-17)11-18(28)9-15/h1-6,12-18,28H,7-11,31-32H2. The van der Waals surface area contributed by atoms with Crippen LogP contribution in [-0.4, -0.2) is 0 Å². The Labute approximate surface area is 217 Å². The Balaban J connectivity index is 1.38. The number of nitrogens with two attached hydrogens (primary N) is 2. The van der Waals surface area contributed by atoms with E-state index < -0.39 is 0 Å². The van der Waals surface area contributed by atoms with Crippen LogP contribution < -0.4 is 20.9 Å². The molecule has 34 heavy (non-hydrogen) atoms. The lowest BCUT2D eigenvalue weighted by atomic mass is 9.50. The van der Waals surface area contributed by atoms with E-state index in [4.69, 9.17) is 20.9 Å². The second-order valence-electron chi connectivity index (χ2n) is 10.2. The molecule has 3 aromatic carbocycles. The van der Waals surface area contributed by atoms with E-state index in [0.717, 1.165) is 32.3 Å². The normalized spacial score (nSPS) is 27.1. The van der Waals surface area contributed by atoms with Crippen molar-refractivity contribution in [1.29, 1.82) is 0 Å². The molecule has 0 unspecified atom stereocenters. The highest BCUT2D eigenvalue weighted by Crippen LogP contribution is 2.61. The molecule has 0 atom stereocenters. The zero-order chi connectivity index (χ0) is 23.4. The highest BCUT2D eigenvalue weighted by atomic mass is 79.9. The maximum absolute atomic E-state index is 6.46. The third-order valence-electron chi connectivity index (χ3n) is 7.96. The highest BCUT2D eigenvalue weighted by molar-refractivity contribution is 9.10. The van der Waals surface area contributed by atoms with Gasteiger partial charge < -0.3 is 20.9 Å². The molecule has 0 saturated heterocycles. The summed E-state index contributed by atoms with van der Waals surface area (Å²) in [7, 11) is 0. The van der Waals surface area contributed by atoms with Crippen molar-refractivity contribution in [3.05, 3.63) is 69.1 Å². The molecule has 4 saturated carbocycles. The van der Waals surface area contributed by atoms with E-state index >= 15 is 0 Å². The van der Waals surface area contributed by atoms with Gasteiger partial charge >= 0.3 is 0 Å². The van der Waals surface area contributed by atoms with Gasteiger partial charge in [0.05, 0.1) is 11.4 Å². The Morgan fingerprint density at radius 1 is 0.618 bits per heavy atom. The molecular formula is C28H28Br2N2O2. The number of ether oxygens (including phenoxy) is 2. The van der Waals surface area contributed by atoms with Gasteiger partial charge in [-0.05, 0) is 116 Å². The molecule has 0 spiro atoms. The summed E-state index contributed by atoms with van der Waals surface area (Å²) in [5.74, 6) is 6.74. The number of hydrogen-bond acceptors (Lipinski definition) is 4. The molecule has 176 valence electrons. The summed E-state index contributed by atoms with van der Waals surface area (Å²) in [4.78, 5) is 0. The molecule has 4 aliphatic rings. The number of halogens is 2. The van der Waals surface area contributed by atoms with Crippen LogP contribution in [0, 0.1) is 23.7 Å². The Kier molecular flexibility index (Phi) is 5.77. The zero-order valence-electron chi connectivity index (χ0n) is 18.8. The first-order valence-corrected chi connectivity index (χ1v) is 13.6. The van der Waals surface area contributed by atoms with Gasteiger partial charge in [-0.1, -0.05) is 31.9 Å². The maximum atomic E-state index is 6.46. The largest absolute Gasteiger partial charge is 0.455 e. The Morgan fingerprint density at radius 2 is 1.15 bits per heavy atom. The summed E-state index contributed by atoms with van der Waals surface area (Å²) in [5, 5.41) is 0. The molecule has 4 N–H and O–H groups in total. The molecule has 6 heteroatoms. The van der Waals surface area contributed by atoms with Gasteiger partial charge in [-0.2, -0.15) is 0 Å². The van der Waals surface area contributed by atoms with Crippen LogP contribution in [0.5, 0.6) is 23.0 Å². The number of benzene rings is 3. The number of anilines is 2. The third-order valence-corrected chi connectivity index (χ3v) is 8.94. The Morgan fingerprint density at radius 3 is 1.71 bits per heavy atom. The van der Waals surface area contributed by atoms with E-state index in [1.54, 1.807) is 0 Å². The van der Waals surface area contributed by atoms with E-state index in [1.165, 1.54) is 37.7 Å². The minimum atomic E-state index is 0.491. The molecule has 0 heterocycles. The summed E-state index contributed by atoms with van der Waals surface area (Å²) in [6.07, 6.45) is 6.78. The molecule has 4 fully saturated rings. The van der Waals surface area contributed by atoms with Crippen molar-refractivity contribution in [2.75, 3.05) is 11.5 Å². The van der Waals surface area contributed by atoms with Crippen LogP contribution in [0.2, 0.25) is 0 Å². The number of hydrogen-bond donors (Lipinski definition) is 2. The van der Waals surface area contributed by atoms with Gasteiger partial charge in [-0.15, -0.1) is 0 Å². The molecule has 0 radical (unpaired) electrons. The molecule has 4 aliphatic carbocycles. The first-order valence-electron chi connectivity index (χ1n) is 12.0. The van der Waals surface area contributed by atoms with E-state index in [2.05, 4.69) is 37.9 Å². The SMILES string of the molecule is Nc1cc(Br)ccc1Oc1ccc(Oc2ccc(Br)cc2N)c(C2C3CC4CC(C3)CC2C4)c1. The predicted octanol–water partition coefficient (Wildman–Crippen LogP) is 8.50. The molecule has 4 bridgehead atoms. The quantitative estimate of drug-likeness (QED) is 0.295. The van der Waals surface area contributed by atoms with Crippen LogP contribution in [-0.2, 0) is 0 Å². The molecular weight excluding hydrogens is 556 g/mol. The van der Waals surface area contributed by atoms with Gasteiger partial charge in [0.2, 0.25) is 0 Å². The van der Waals surface area contributed by atoms with E-state index in [1.807, 2.05) is 48.5 Å². The highest BCUT2D eigenvalue weighted by Gasteiger charge is 2.49. The molecule has 0 aliphatic heterocycles. The second-order valence-corrected chi connectivity index (χ2v) is 12.1. The van der Waals surface area contributed by atoms with Crippen molar-refractivity contribution in [2.24, 2.45) is 23.7 Å².